The minimum atomic E-state index is -0.978. The monoisotopic (exact) mass is 283 g/mol. The summed E-state index contributed by atoms with van der Waals surface area (Å²) in [5.74, 6) is -0.978. The van der Waals surface area contributed by atoms with Crippen molar-refractivity contribution in [2.75, 3.05) is 0 Å². The van der Waals surface area contributed by atoms with E-state index in [1.54, 1.807) is 12.4 Å². The standard InChI is InChI=1S/C10H10BrN3O2/c1-2-3-7-8(10(15)16)9-12-4-6(11)5-14(9)13-7/h4-5H,2-3H2,1H3,(H,15,16). The lowest BCUT2D eigenvalue weighted by Crippen LogP contribution is -2.01. The van der Waals surface area contributed by atoms with Crippen molar-refractivity contribution in [1.82, 2.24) is 14.6 Å². The number of hydrogen-bond donors (Lipinski definition) is 1. The van der Waals surface area contributed by atoms with Crippen LogP contribution in [-0.2, 0) is 6.42 Å². The van der Waals surface area contributed by atoms with Crippen LogP contribution in [0, 0.1) is 0 Å². The first-order valence-electron chi connectivity index (χ1n) is 4.89. The molecule has 0 radical (unpaired) electrons. The maximum Gasteiger partial charge on any atom is 0.341 e. The summed E-state index contributed by atoms with van der Waals surface area (Å²) in [5, 5.41) is 13.4. The number of hydrogen-bond acceptors (Lipinski definition) is 3. The van der Waals surface area contributed by atoms with Crippen LogP contribution in [-0.4, -0.2) is 25.7 Å². The van der Waals surface area contributed by atoms with Gasteiger partial charge in [0.05, 0.1) is 10.2 Å². The molecular weight excluding hydrogens is 274 g/mol. The third kappa shape index (κ3) is 1.80. The molecule has 0 aliphatic carbocycles. The lowest BCUT2D eigenvalue weighted by atomic mass is 10.1. The highest BCUT2D eigenvalue weighted by atomic mass is 79.9. The Morgan fingerprint density at radius 2 is 2.38 bits per heavy atom. The molecule has 84 valence electrons. The molecule has 0 spiro atoms. The number of nitrogens with zero attached hydrogens (tertiary/aromatic N) is 3. The van der Waals surface area contributed by atoms with Gasteiger partial charge < -0.3 is 5.11 Å². The van der Waals surface area contributed by atoms with Crippen molar-refractivity contribution in [3.8, 4) is 0 Å². The van der Waals surface area contributed by atoms with E-state index in [1.165, 1.54) is 4.52 Å². The molecule has 16 heavy (non-hydrogen) atoms. The van der Waals surface area contributed by atoms with Crippen molar-refractivity contribution in [2.45, 2.75) is 19.8 Å². The minimum Gasteiger partial charge on any atom is -0.477 e. The molecule has 0 fully saturated rings. The van der Waals surface area contributed by atoms with E-state index in [2.05, 4.69) is 26.0 Å². The molecule has 2 heterocycles. The average Bonchev–Trinajstić information content (AvgIpc) is 2.55. The third-order valence-corrected chi connectivity index (χ3v) is 2.62. The van der Waals surface area contributed by atoms with Crippen molar-refractivity contribution in [1.29, 1.82) is 0 Å². The number of halogens is 1. The first-order chi connectivity index (χ1) is 7.63. The number of carbonyl (C=O) groups is 1. The normalized spacial score (nSPS) is 10.9. The van der Waals surface area contributed by atoms with Gasteiger partial charge in [-0.15, -0.1) is 0 Å². The average molecular weight is 284 g/mol. The summed E-state index contributed by atoms with van der Waals surface area (Å²) >= 11 is 3.27. The van der Waals surface area contributed by atoms with Gasteiger partial charge in [0, 0.05) is 12.4 Å². The van der Waals surface area contributed by atoms with Gasteiger partial charge in [-0.3, -0.25) is 0 Å². The Bertz CT molecular complexity index is 550. The Hall–Kier alpha value is -1.43. The van der Waals surface area contributed by atoms with Gasteiger partial charge in [0.1, 0.15) is 5.56 Å². The van der Waals surface area contributed by atoms with E-state index in [0.29, 0.717) is 17.8 Å². The summed E-state index contributed by atoms with van der Waals surface area (Å²) in [5.41, 5.74) is 1.18. The summed E-state index contributed by atoms with van der Waals surface area (Å²) in [4.78, 5) is 15.2. The maximum atomic E-state index is 11.2. The number of aromatic carboxylic acids is 1. The molecule has 0 aliphatic heterocycles. The zero-order chi connectivity index (χ0) is 11.7. The van der Waals surface area contributed by atoms with E-state index in [-0.39, 0.29) is 5.56 Å². The number of fused-ring (bicyclic) bond motifs is 1. The fraction of sp³-hybridized carbons (Fsp3) is 0.300. The lowest BCUT2D eigenvalue weighted by molar-refractivity contribution is 0.0697. The predicted octanol–water partition coefficient (Wildman–Crippen LogP) is 2.14. The van der Waals surface area contributed by atoms with Crippen LogP contribution in [0.25, 0.3) is 5.65 Å². The van der Waals surface area contributed by atoms with Gasteiger partial charge in [0.25, 0.3) is 0 Å². The summed E-state index contributed by atoms with van der Waals surface area (Å²) in [6, 6.07) is 0. The van der Waals surface area contributed by atoms with Gasteiger partial charge in [0.15, 0.2) is 5.65 Å². The zero-order valence-corrected chi connectivity index (χ0v) is 10.2. The van der Waals surface area contributed by atoms with Crippen LogP contribution in [0.2, 0.25) is 0 Å². The van der Waals surface area contributed by atoms with Crippen LogP contribution in [0.3, 0.4) is 0 Å². The number of aryl methyl sites for hydroxylation is 1. The molecular formula is C10H10BrN3O2. The highest BCUT2D eigenvalue weighted by molar-refractivity contribution is 9.10. The van der Waals surface area contributed by atoms with Crippen LogP contribution in [0.5, 0.6) is 0 Å². The van der Waals surface area contributed by atoms with Crippen LogP contribution >= 0.6 is 15.9 Å². The molecule has 0 aromatic carbocycles. The Morgan fingerprint density at radius 1 is 1.62 bits per heavy atom. The third-order valence-electron chi connectivity index (χ3n) is 2.21. The summed E-state index contributed by atoms with van der Waals surface area (Å²) in [7, 11) is 0. The van der Waals surface area contributed by atoms with Crippen molar-refractivity contribution >= 4 is 27.5 Å². The molecule has 0 bridgehead atoms. The van der Waals surface area contributed by atoms with Crippen molar-refractivity contribution in [3.05, 3.63) is 28.1 Å². The molecule has 0 amide bonds. The van der Waals surface area contributed by atoms with Crippen molar-refractivity contribution in [2.24, 2.45) is 0 Å². The highest BCUT2D eigenvalue weighted by Gasteiger charge is 2.19. The summed E-state index contributed by atoms with van der Waals surface area (Å²) in [6.45, 7) is 1.99. The fourth-order valence-electron chi connectivity index (χ4n) is 1.59. The molecule has 0 aliphatic rings. The van der Waals surface area contributed by atoms with Crippen LogP contribution in [0.15, 0.2) is 16.9 Å². The topological polar surface area (TPSA) is 67.5 Å². The molecule has 5 nitrogen and oxygen atoms in total. The second-order valence-electron chi connectivity index (χ2n) is 3.42. The van der Waals surface area contributed by atoms with Gasteiger partial charge in [-0.05, 0) is 22.4 Å². The number of aromatic nitrogens is 3. The van der Waals surface area contributed by atoms with E-state index in [0.717, 1.165) is 10.9 Å². The fourth-order valence-corrected chi connectivity index (χ4v) is 1.88. The summed E-state index contributed by atoms with van der Waals surface area (Å²) < 4.78 is 2.26. The zero-order valence-electron chi connectivity index (χ0n) is 8.64. The molecule has 2 aromatic rings. The molecule has 6 heteroatoms. The van der Waals surface area contributed by atoms with Crippen molar-refractivity contribution < 1.29 is 9.90 Å². The Morgan fingerprint density at radius 3 is 3.00 bits per heavy atom. The molecule has 2 aromatic heterocycles. The first kappa shape index (κ1) is 11.1. The van der Waals surface area contributed by atoms with Gasteiger partial charge in [-0.1, -0.05) is 13.3 Å². The number of carboxylic acids is 1. The molecule has 0 atom stereocenters. The molecule has 0 saturated carbocycles. The molecule has 0 unspecified atom stereocenters. The second-order valence-corrected chi connectivity index (χ2v) is 4.33. The Labute approximate surface area is 100 Å². The number of carboxylic acid groups (broad SMARTS) is 1. The molecule has 1 N–H and O–H groups in total. The second kappa shape index (κ2) is 4.21. The SMILES string of the molecule is CCCc1nn2cc(Br)cnc2c1C(=O)O. The van der Waals surface area contributed by atoms with E-state index < -0.39 is 5.97 Å². The Kier molecular flexibility index (Phi) is 2.91. The van der Waals surface area contributed by atoms with E-state index in [1.807, 2.05) is 6.92 Å². The Balaban J connectivity index is 2.70. The summed E-state index contributed by atoms with van der Waals surface area (Å²) in [6.07, 6.45) is 4.76. The highest BCUT2D eigenvalue weighted by Crippen LogP contribution is 2.17. The molecule has 2 rings (SSSR count). The van der Waals surface area contributed by atoms with Gasteiger partial charge in [-0.25, -0.2) is 14.3 Å². The predicted molar refractivity (Wildman–Crippen MR) is 61.6 cm³/mol. The lowest BCUT2D eigenvalue weighted by Gasteiger charge is -1.94. The van der Waals surface area contributed by atoms with Crippen LogP contribution in [0.1, 0.15) is 29.4 Å². The van der Waals surface area contributed by atoms with Crippen LogP contribution in [0.4, 0.5) is 0 Å². The van der Waals surface area contributed by atoms with Crippen molar-refractivity contribution in [3.63, 3.8) is 0 Å². The van der Waals surface area contributed by atoms with Gasteiger partial charge in [-0.2, -0.15) is 5.10 Å². The van der Waals surface area contributed by atoms with Gasteiger partial charge in [0.2, 0.25) is 0 Å². The van der Waals surface area contributed by atoms with Gasteiger partial charge >= 0.3 is 5.97 Å². The smallest absolute Gasteiger partial charge is 0.341 e. The maximum absolute atomic E-state index is 11.2. The molecule has 0 saturated heterocycles. The number of rotatable bonds is 3. The quantitative estimate of drug-likeness (QED) is 0.937. The van der Waals surface area contributed by atoms with E-state index in [9.17, 15) is 4.79 Å². The van der Waals surface area contributed by atoms with E-state index in [4.69, 9.17) is 5.11 Å². The first-order valence-corrected chi connectivity index (χ1v) is 5.68. The van der Waals surface area contributed by atoms with Crippen LogP contribution < -0.4 is 0 Å². The minimum absolute atomic E-state index is 0.203. The largest absolute Gasteiger partial charge is 0.477 e. The van der Waals surface area contributed by atoms with E-state index >= 15 is 0 Å².